The number of aryl methyl sites for hydroxylation is 1. The lowest BCUT2D eigenvalue weighted by atomic mass is 10.1. The molecule has 2 rings (SSSR count). The predicted octanol–water partition coefficient (Wildman–Crippen LogP) is 2.42. The number of nitrogens with two attached hydrogens (primary N) is 1. The molecule has 0 spiro atoms. The van der Waals surface area contributed by atoms with Crippen molar-refractivity contribution in [2.75, 3.05) is 0 Å². The van der Waals surface area contributed by atoms with E-state index in [9.17, 15) is 8.78 Å². The van der Waals surface area contributed by atoms with Gasteiger partial charge in [0, 0.05) is 18.9 Å². The molecule has 1 unspecified atom stereocenters. The number of nitrogens with zero attached hydrogens (tertiary/aromatic N) is 2. The number of hydrogen-bond acceptors (Lipinski definition) is 2. The second-order valence-corrected chi connectivity index (χ2v) is 4.10. The molecule has 2 N–H and O–H groups in total. The van der Waals surface area contributed by atoms with Crippen LogP contribution in [0.3, 0.4) is 0 Å². The number of benzene rings is 1. The van der Waals surface area contributed by atoms with E-state index in [-0.39, 0.29) is 12.0 Å². The maximum Gasteiger partial charge on any atom is 0.162 e. The minimum Gasteiger partial charge on any atom is -0.334 e. The Kier molecular flexibility index (Phi) is 3.72. The van der Waals surface area contributed by atoms with Crippen molar-refractivity contribution >= 4 is 0 Å². The summed E-state index contributed by atoms with van der Waals surface area (Å²) in [7, 11) is 0. The second kappa shape index (κ2) is 5.27. The number of aromatic nitrogens is 2. The highest BCUT2D eigenvalue weighted by Gasteiger charge is 2.16. The molecule has 18 heavy (non-hydrogen) atoms. The molecular weight excluding hydrogens is 236 g/mol. The molecule has 2 aromatic rings. The summed E-state index contributed by atoms with van der Waals surface area (Å²) in [5.74, 6) is -0.998. The fraction of sp³-hybridized carbons (Fsp3) is 0.308. The third-order valence-corrected chi connectivity index (χ3v) is 2.89. The molecule has 0 saturated heterocycles. The third-order valence-electron chi connectivity index (χ3n) is 2.89. The van der Waals surface area contributed by atoms with Crippen LogP contribution in [-0.2, 0) is 13.0 Å². The summed E-state index contributed by atoms with van der Waals surface area (Å²) in [5.41, 5.74) is 6.27. The van der Waals surface area contributed by atoms with Crippen LogP contribution in [0, 0.1) is 11.6 Å². The largest absolute Gasteiger partial charge is 0.334 e. The summed E-state index contributed by atoms with van der Waals surface area (Å²) in [6, 6.07) is 3.66. The topological polar surface area (TPSA) is 43.8 Å². The van der Waals surface area contributed by atoms with Crippen molar-refractivity contribution < 1.29 is 8.78 Å². The number of rotatable bonds is 4. The van der Waals surface area contributed by atoms with Gasteiger partial charge in [0.15, 0.2) is 11.6 Å². The molecule has 5 heteroatoms. The zero-order valence-corrected chi connectivity index (χ0v) is 10.1. The summed E-state index contributed by atoms with van der Waals surface area (Å²) in [5, 5.41) is 0. The first-order valence-corrected chi connectivity index (χ1v) is 5.83. The van der Waals surface area contributed by atoms with Crippen LogP contribution >= 0.6 is 0 Å². The minimum absolute atomic E-state index is 0.223. The number of halogens is 2. The molecule has 0 saturated carbocycles. The van der Waals surface area contributed by atoms with Crippen molar-refractivity contribution in [3.8, 4) is 0 Å². The third kappa shape index (κ3) is 2.41. The fourth-order valence-corrected chi connectivity index (χ4v) is 1.95. The smallest absolute Gasteiger partial charge is 0.162 e. The van der Waals surface area contributed by atoms with E-state index in [1.54, 1.807) is 6.20 Å². The second-order valence-electron chi connectivity index (χ2n) is 4.10. The number of hydrogen-bond donors (Lipinski definition) is 1. The average molecular weight is 251 g/mol. The lowest BCUT2D eigenvalue weighted by molar-refractivity contribution is 0.490. The molecular formula is C13H15F2N3. The van der Waals surface area contributed by atoms with Gasteiger partial charge < -0.3 is 10.3 Å². The van der Waals surface area contributed by atoms with Crippen molar-refractivity contribution in [2.24, 2.45) is 5.73 Å². The van der Waals surface area contributed by atoms with Crippen molar-refractivity contribution in [3.05, 3.63) is 53.6 Å². The van der Waals surface area contributed by atoms with Gasteiger partial charge in [0.2, 0.25) is 0 Å². The Hall–Kier alpha value is -1.75. The molecule has 0 aliphatic rings. The van der Waals surface area contributed by atoms with E-state index < -0.39 is 17.7 Å². The summed E-state index contributed by atoms with van der Waals surface area (Å²) in [6.45, 7) is 2.72. The Bertz CT molecular complexity index is 537. The first-order valence-electron chi connectivity index (χ1n) is 5.83. The van der Waals surface area contributed by atoms with Gasteiger partial charge in [0.05, 0.1) is 6.04 Å². The van der Waals surface area contributed by atoms with E-state index >= 15 is 0 Å². The normalized spacial score (nSPS) is 12.7. The van der Waals surface area contributed by atoms with Crippen LogP contribution in [0.25, 0.3) is 0 Å². The zero-order chi connectivity index (χ0) is 13.1. The van der Waals surface area contributed by atoms with Crippen LogP contribution in [0.2, 0.25) is 0 Å². The monoisotopic (exact) mass is 251 g/mol. The van der Waals surface area contributed by atoms with Crippen LogP contribution in [0.15, 0.2) is 30.6 Å². The van der Waals surface area contributed by atoms with Crippen LogP contribution in [0.1, 0.15) is 24.4 Å². The Morgan fingerprint density at radius 2 is 2.17 bits per heavy atom. The van der Waals surface area contributed by atoms with Crippen LogP contribution < -0.4 is 5.73 Å². The van der Waals surface area contributed by atoms with Crippen LogP contribution in [0.4, 0.5) is 8.78 Å². The molecule has 1 heterocycles. The lowest BCUT2D eigenvalue weighted by Crippen LogP contribution is -2.19. The molecule has 1 aromatic carbocycles. The van der Waals surface area contributed by atoms with E-state index in [1.807, 2.05) is 17.7 Å². The molecule has 0 aliphatic heterocycles. The average Bonchev–Trinajstić information content (AvgIpc) is 2.83. The van der Waals surface area contributed by atoms with Gasteiger partial charge in [-0.2, -0.15) is 0 Å². The Morgan fingerprint density at radius 1 is 1.39 bits per heavy atom. The Labute approximate surface area is 104 Å². The standard InChI is InChI=1S/C13H15F2N3/c1-2-18-7-6-17-13(18)11(16)8-9-4-3-5-10(14)12(9)15/h3-7,11H,2,8,16H2,1H3. The lowest BCUT2D eigenvalue weighted by Gasteiger charge is -2.13. The molecule has 1 aromatic heterocycles. The minimum atomic E-state index is -0.849. The highest BCUT2D eigenvalue weighted by molar-refractivity contribution is 5.21. The highest BCUT2D eigenvalue weighted by atomic mass is 19.2. The maximum atomic E-state index is 13.5. The maximum absolute atomic E-state index is 13.5. The van der Waals surface area contributed by atoms with Gasteiger partial charge in [-0.05, 0) is 25.0 Å². The molecule has 3 nitrogen and oxygen atoms in total. The molecule has 0 fully saturated rings. The van der Waals surface area contributed by atoms with Crippen molar-refractivity contribution in [3.63, 3.8) is 0 Å². The van der Waals surface area contributed by atoms with Gasteiger partial charge in [-0.15, -0.1) is 0 Å². The molecule has 0 radical (unpaired) electrons. The van der Waals surface area contributed by atoms with Crippen molar-refractivity contribution in [2.45, 2.75) is 25.9 Å². The molecule has 0 bridgehead atoms. The summed E-state index contributed by atoms with van der Waals surface area (Å²) < 4.78 is 28.5. The fourth-order valence-electron chi connectivity index (χ4n) is 1.95. The molecule has 96 valence electrons. The first-order chi connectivity index (χ1) is 8.63. The zero-order valence-electron chi connectivity index (χ0n) is 10.1. The predicted molar refractivity (Wildman–Crippen MR) is 64.9 cm³/mol. The van der Waals surface area contributed by atoms with Gasteiger partial charge in [-0.1, -0.05) is 12.1 Å². The van der Waals surface area contributed by atoms with Gasteiger partial charge >= 0.3 is 0 Å². The number of imidazole rings is 1. The van der Waals surface area contributed by atoms with Crippen LogP contribution in [0.5, 0.6) is 0 Å². The summed E-state index contributed by atoms with van der Waals surface area (Å²) in [4.78, 5) is 4.16. The SMILES string of the molecule is CCn1ccnc1C(N)Cc1cccc(F)c1F. The summed E-state index contributed by atoms with van der Waals surface area (Å²) >= 11 is 0. The van der Waals surface area contributed by atoms with E-state index in [0.717, 1.165) is 12.6 Å². The molecule has 1 atom stereocenters. The van der Waals surface area contributed by atoms with E-state index in [1.165, 1.54) is 12.1 Å². The molecule has 0 aliphatic carbocycles. The summed E-state index contributed by atoms with van der Waals surface area (Å²) in [6.07, 6.45) is 3.69. The molecule has 0 amide bonds. The highest BCUT2D eigenvalue weighted by Crippen LogP contribution is 2.18. The van der Waals surface area contributed by atoms with Gasteiger partial charge in [-0.25, -0.2) is 13.8 Å². The van der Waals surface area contributed by atoms with E-state index in [2.05, 4.69) is 4.98 Å². The van der Waals surface area contributed by atoms with Crippen LogP contribution in [-0.4, -0.2) is 9.55 Å². The van der Waals surface area contributed by atoms with Gasteiger partial charge in [-0.3, -0.25) is 0 Å². The Morgan fingerprint density at radius 3 is 2.89 bits per heavy atom. The van der Waals surface area contributed by atoms with E-state index in [4.69, 9.17) is 5.73 Å². The van der Waals surface area contributed by atoms with Crippen molar-refractivity contribution in [1.82, 2.24) is 9.55 Å². The van der Waals surface area contributed by atoms with Gasteiger partial charge in [0.1, 0.15) is 5.82 Å². The quantitative estimate of drug-likeness (QED) is 0.907. The first kappa shape index (κ1) is 12.7. The van der Waals surface area contributed by atoms with Crippen molar-refractivity contribution in [1.29, 1.82) is 0 Å². The Balaban J connectivity index is 2.21. The van der Waals surface area contributed by atoms with Gasteiger partial charge in [0.25, 0.3) is 0 Å². The van der Waals surface area contributed by atoms with E-state index in [0.29, 0.717) is 5.82 Å².